The van der Waals surface area contributed by atoms with Gasteiger partial charge in [-0.05, 0) is 24.6 Å². The van der Waals surface area contributed by atoms with Crippen LogP contribution in [0.4, 0.5) is 0 Å². The van der Waals surface area contributed by atoms with Crippen LogP contribution in [0.25, 0.3) is 0 Å². The lowest BCUT2D eigenvalue weighted by molar-refractivity contribution is -0.122. The van der Waals surface area contributed by atoms with Gasteiger partial charge in [-0.25, -0.2) is 0 Å². The molecule has 0 unspecified atom stereocenters. The van der Waals surface area contributed by atoms with Crippen LogP contribution >= 0.6 is 11.6 Å². The molecule has 5 nitrogen and oxygen atoms in total. The van der Waals surface area contributed by atoms with Crippen LogP contribution in [0.3, 0.4) is 0 Å². The minimum atomic E-state index is -0.0518. The normalized spacial score (nSPS) is 14.8. The van der Waals surface area contributed by atoms with E-state index in [9.17, 15) is 9.59 Å². The Bertz CT molecular complexity index is 799. The van der Waals surface area contributed by atoms with Crippen LogP contribution in [-0.2, 0) is 11.3 Å². The second kappa shape index (κ2) is 9.02. The molecule has 0 aromatic heterocycles. The standard InChI is InChI=1S/C21H24ClN3O2/c1-16-6-8-17(9-7-16)14-23-20(26)15-24-10-12-25(13-11-24)21(27)18-4-2-3-5-19(18)22/h2-9H,10-15H2,1H3,(H,23,26). The number of hydrogen-bond donors (Lipinski definition) is 1. The summed E-state index contributed by atoms with van der Waals surface area (Å²) in [4.78, 5) is 28.6. The summed E-state index contributed by atoms with van der Waals surface area (Å²) in [6, 6.07) is 15.2. The molecule has 1 aliphatic rings. The van der Waals surface area contributed by atoms with Crippen molar-refractivity contribution in [2.45, 2.75) is 13.5 Å². The first-order valence-corrected chi connectivity index (χ1v) is 9.49. The van der Waals surface area contributed by atoms with Gasteiger partial charge in [-0.1, -0.05) is 53.6 Å². The van der Waals surface area contributed by atoms with Crippen molar-refractivity contribution in [2.24, 2.45) is 0 Å². The molecule has 142 valence electrons. The minimum Gasteiger partial charge on any atom is -0.351 e. The topological polar surface area (TPSA) is 52.7 Å². The van der Waals surface area contributed by atoms with E-state index in [1.807, 2.05) is 43.3 Å². The fraction of sp³-hybridized carbons (Fsp3) is 0.333. The van der Waals surface area contributed by atoms with Gasteiger partial charge in [0, 0.05) is 32.7 Å². The first kappa shape index (κ1) is 19.4. The Morgan fingerprint density at radius 2 is 1.67 bits per heavy atom. The zero-order chi connectivity index (χ0) is 19.2. The maximum absolute atomic E-state index is 12.6. The van der Waals surface area contributed by atoms with E-state index >= 15 is 0 Å². The van der Waals surface area contributed by atoms with Gasteiger partial charge in [0.05, 0.1) is 17.1 Å². The van der Waals surface area contributed by atoms with Crippen molar-refractivity contribution in [3.05, 3.63) is 70.2 Å². The number of piperazine rings is 1. The summed E-state index contributed by atoms with van der Waals surface area (Å²) in [5.41, 5.74) is 2.82. The van der Waals surface area contributed by atoms with Crippen molar-refractivity contribution in [3.8, 4) is 0 Å². The Balaban J connectivity index is 1.43. The third-order valence-electron chi connectivity index (χ3n) is 4.74. The monoisotopic (exact) mass is 385 g/mol. The van der Waals surface area contributed by atoms with Crippen LogP contribution in [0.5, 0.6) is 0 Å². The summed E-state index contributed by atoms with van der Waals surface area (Å²) < 4.78 is 0. The van der Waals surface area contributed by atoms with Gasteiger partial charge in [0.15, 0.2) is 0 Å². The molecule has 2 aromatic carbocycles. The Morgan fingerprint density at radius 3 is 2.33 bits per heavy atom. The van der Waals surface area contributed by atoms with E-state index in [0.29, 0.717) is 49.9 Å². The van der Waals surface area contributed by atoms with E-state index in [1.165, 1.54) is 5.56 Å². The lowest BCUT2D eigenvalue weighted by Crippen LogP contribution is -2.51. The summed E-state index contributed by atoms with van der Waals surface area (Å²) in [6.07, 6.45) is 0. The number of hydrogen-bond acceptors (Lipinski definition) is 3. The number of carbonyl (C=O) groups is 2. The highest BCUT2D eigenvalue weighted by Gasteiger charge is 2.24. The first-order valence-electron chi connectivity index (χ1n) is 9.11. The third-order valence-corrected chi connectivity index (χ3v) is 5.07. The van der Waals surface area contributed by atoms with E-state index in [1.54, 1.807) is 17.0 Å². The average molecular weight is 386 g/mol. The van der Waals surface area contributed by atoms with Gasteiger partial charge in [0.25, 0.3) is 5.91 Å². The molecule has 0 spiro atoms. The summed E-state index contributed by atoms with van der Waals surface area (Å²) in [6.45, 7) is 5.45. The minimum absolute atomic E-state index is 0.00135. The Morgan fingerprint density at radius 1 is 1.00 bits per heavy atom. The summed E-state index contributed by atoms with van der Waals surface area (Å²) in [7, 11) is 0. The van der Waals surface area contributed by atoms with E-state index in [4.69, 9.17) is 11.6 Å². The van der Waals surface area contributed by atoms with Crippen LogP contribution < -0.4 is 5.32 Å². The highest BCUT2D eigenvalue weighted by atomic mass is 35.5. The van der Waals surface area contributed by atoms with E-state index < -0.39 is 0 Å². The molecule has 0 aliphatic carbocycles. The molecule has 6 heteroatoms. The molecule has 2 aromatic rings. The van der Waals surface area contributed by atoms with Crippen molar-refractivity contribution >= 4 is 23.4 Å². The predicted octanol–water partition coefficient (Wildman–Crippen LogP) is 2.72. The largest absolute Gasteiger partial charge is 0.351 e. The number of halogens is 1. The second-order valence-electron chi connectivity index (χ2n) is 6.81. The summed E-state index contributed by atoms with van der Waals surface area (Å²) in [5, 5.41) is 3.43. The zero-order valence-corrected chi connectivity index (χ0v) is 16.2. The second-order valence-corrected chi connectivity index (χ2v) is 7.22. The SMILES string of the molecule is Cc1ccc(CNC(=O)CN2CCN(C(=O)c3ccccc3Cl)CC2)cc1. The van der Waals surface area contributed by atoms with Crippen LogP contribution in [0.1, 0.15) is 21.5 Å². The number of amides is 2. The fourth-order valence-electron chi connectivity index (χ4n) is 3.08. The maximum atomic E-state index is 12.6. The summed E-state index contributed by atoms with van der Waals surface area (Å²) in [5.74, 6) is -0.0504. The van der Waals surface area contributed by atoms with Crippen molar-refractivity contribution in [1.29, 1.82) is 0 Å². The molecule has 1 aliphatic heterocycles. The van der Waals surface area contributed by atoms with E-state index in [2.05, 4.69) is 10.2 Å². The predicted molar refractivity (Wildman–Crippen MR) is 107 cm³/mol. The number of benzene rings is 2. The number of aryl methyl sites for hydroxylation is 1. The van der Waals surface area contributed by atoms with Crippen molar-refractivity contribution < 1.29 is 9.59 Å². The quantitative estimate of drug-likeness (QED) is 0.861. The highest BCUT2D eigenvalue weighted by Crippen LogP contribution is 2.18. The van der Waals surface area contributed by atoms with Gasteiger partial charge in [-0.2, -0.15) is 0 Å². The average Bonchev–Trinajstić information content (AvgIpc) is 2.68. The molecular weight excluding hydrogens is 362 g/mol. The molecule has 27 heavy (non-hydrogen) atoms. The molecule has 1 fully saturated rings. The smallest absolute Gasteiger partial charge is 0.255 e. The summed E-state index contributed by atoms with van der Waals surface area (Å²) >= 11 is 6.12. The fourth-order valence-corrected chi connectivity index (χ4v) is 3.30. The Labute approximate surface area is 164 Å². The van der Waals surface area contributed by atoms with Crippen LogP contribution in [0, 0.1) is 6.92 Å². The van der Waals surface area contributed by atoms with Gasteiger partial charge in [0.2, 0.25) is 5.91 Å². The molecule has 2 amide bonds. The van der Waals surface area contributed by atoms with Crippen molar-refractivity contribution in [2.75, 3.05) is 32.7 Å². The van der Waals surface area contributed by atoms with Crippen LogP contribution in [0.15, 0.2) is 48.5 Å². The van der Waals surface area contributed by atoms with Gasteiger partial charge in [-0.3, -0.25) is 14.5 Å². The number of rotatable bonds is 5. The molecule has 1 saturated heterocycles. The number of carbonyl (C=O) groups excluding carboxylic acids is 2. The lowest BCUT2D eigenvalue weighted by atomic mass is 10.1. The molecule has 0 bridgehead atoms. The van der Waals surface area contributed by atoms with Gasteiger partial charge in [0.1, 0.15) is 0 Å². The lowest BCUT2D eigenvalue weighted by Gasteiger charge is -2.34. The zero-order valence-electron chi connectivity index (χ0n) is 15.5. The van der Waals surface area contributed by atoms with Gasteiger partial charge < -0.3 is 10.2 Å². The molecule has 0 saturated carbocycles. The maximum Gasteiger partial charge on any atom is 0.255 e. The van der Waals surface area contributed by atoms with Crippen molar-refractivity contribution in [3.63, 3.8) is 0 Å². The number of nitrogens with zero attached hydrogens (tertiary/aromatic N) is 2. The molecular formula is C21H24ClN3O2. The highest BCUT2D eigenvalue weighted by molar-refractivity contribution is 6.33. The molecule has 3 rings (SSSR count). The van der Waals surface area contributed by atoms with E-state index in [-0.39, 0.29) is 11.8 Å². The number of nitrogens with one attached hydrogen (secondary N) is 1. The first-order chi connectivity index (χ1) is 13.0. The van der Waals surface area contributed by atoms with Crippen molar-refractivity contribution in [1.82, 2.24) is 15.1 Å². The van der Waals surface area contributed by atoms with Gasteiger partial charge in [-0.15, -0.1) is 0 Å². The molecule has 1 N–H and O–H groups in total. The Kier molecular flexibility index (Phi) is 6.48. The molecule has 1 heterocycles. The molecule has 0 atom stereocenters. The van der Waals surface area contributed by atoms with E-state index in [0.717, 1.165) is 5.56 Å². The Hall–Kier alpha value is -2.37. The van der Waals surface area contributed by atoms with Crippen LogP contribution in [0.2, 0.25) is 5.02 Å². The van der Waals surface area contributed by atoms with Crippen LogP contribution in [-0.4, -0.2) is 54.3 Å². The van der Waals surface area contributed by atoms with Gasteiger partial charge >= 0.3 is 0 Å². The molecule has 0 radical (unpaired) electrons. The third kappa shape index (κ3) is 5.31.